The standard InChI is InChI=1S/C22H24ClN3O2/c1-4-19(14-6-5-7-14)26-21-20(25-13(2)22(26)27)17(10-11-24-21)16-9-8-15(28-3)12-18(16)23/h8-12,14,19H,4-7H2,1-3H3. The molecule has 2 aromatic heterocycles. The smallest absolute Gasteiger partial charge is 0.273 e. The maximum atomic E-state index is 13.0. The number of halogens is 1. The molecule has 0 bridgehead atoms. The highest BCUT2D eigenvalue weighted by molar-refractivity contribution is 6.33. The molecule has 0 radical (unpaired) electrons. The van der Waals surface area contributed by atoms with E-state index in [1.54, 1.807) is 26.3 Å². The van der Waals surface area contributed by atoms with Crippen LogP contribution in [0.25, 0.3) is 22.3 Å². The first-order valence-electron chi connectivity index (χ1n) is 9.77. The van der Waals surface area contributed by atoms with E-state index in [-0.39, 0.29) is 11.6 Å². The van der Waals surface area contributed by atoms with Crippen molar-refractivity contribution in [3.63, 3.8) is 0 Å². The zero-order valence-corrected chi connectivity index (χ0v) is 17.2. The average Bonchev–Trinajstić information content (AvgIpc) is 2.66. The third kappa shape index (κ3) is 3.08. The number of benzene rings is 1. The molecule has 1 unspecified atom stereocenters. The molecule has 3 aromatic rings. The fourth-order valence-electron chi connectivity index (χ4n) is 4.13. The van der Waals surface area contributed by atoms with Crippen LogP contribution in [0, 0.1) is 12.8 Å². The highest BCUT2D eigenvalue weighted by Crippen LogP contribution is 2.39. The zero-order chi connectivity index (χ0) is 19.8. The van der Waals surface area contributed by atoms with E-state index in [0.717, 1.165) is 30.4 Å². The molecule has 2 heterocycles. The molecule has 0 aliphatic heterocycles. The Balaban J connectivity index is 1.97. The van der Waals surface area contributed by atoms with Crippen LogP contribution in [0.15, 0.2) is 35.3 Å². The Bertz CT molecular complexity index is 1090. The van der Waals surface area contributed by atoms with Gasteiger partial charge in [0.15, 0.2) is 5.65 Å². The minimum atomic E-state index is -0.0447. The van der Waals surface area contributed by atoms with Gasteiger partial charge in [-0.05, 0) is 56.4 Å². The van der Waals surface area contributed by atoms with Crippen LogP contribution in [0.2, 0.25) is 5.02 Å². The van der Waals surface area contributed by atoms with E-state index in [1.807, 2.05) is 22.8 Å². The number of aromatic nitrogens is 3. The molecule has 1 aliphatic rings. The Labute approximate surface area is 169 Å². The van der Waals surface area contributed by atoms with Crippen molar-refractivity contribution < 1.29 is 4.74 Å². The molecule has 0 saturated heterocycles. The molecule has 0 spiro atoms. The number of hydrogen-bond acceptors (Lipinski definition) is 4. The minimum Gasteiger partial charge on any atom is -0.497 e. The molecular formula is C22H24ClN3O2. The Kier molecular flexibility index (Phi) is 5.11. The van der Waals surface area contributed by atoms with Crippen LogP contribution in [0.4, 0.5) is 0 Å². The maximum Gasteiger partial charge on any atom is 0.273 e. The van der Waals surface area contributed by atoms with Crippen LogP contribution in [-0.4, -0.2) is 21.6 Å². The summed E-state index contributed by atoms with van der Waals surface area (Å²) in [5.41, 5.74) is 3.52. The van der Waals surface area contributed by atoms with Gasteiger partial charge in [0.05, 0.1) is 12.1 Å². The van der Waals surface area contributed by atoms with Crippen molar-refractivity contribution in [2.75, 3.05) is 7.11 Å². The van der Waals surface area contributed by atoms with Crippen LogP contribution >= 0.6 is 11.6 Å². The molecule has 1 saturated carbocycles. The second-order valence-corrected chi connectivity index (χ2v) is 7.82. The monoisotopic (exact) mass is 397 g/mol. The number of ether oxygens (including phenoxy) is 1. The van der Waals surface area contributed by atoms with Crippen LogP contribution in [0.1, 0.15) is 44.3 Å². The van der Waals surface area contributed by atoms with Gasteiger partial charge in [-0.25, -0.2) is 9.97 Å². The van der Waals surface area contributed by atoms with Crippen molar-refractivity contribution in [2.24, 2.45) is 5.92 Å². The Morgan fingerprint density at radius 1 is 1.29 bits per heavy atom. The largest absolute Gasteiger partial charge is 0.497 e. The topological polar surface area (TPSA) is 57.0 Å². The molecular weight excluding hydrogens is 374 g/mol. The molecule has 0 amide bonds. The van der Waals surface area contributed by atoms with Gasteiger partial charge in [0.25, 0.3) is 5.56 Å². The van der Waals surface area contributed by atoms with E-state index < -0.39 is 0 Å². The molecule has 5 nitrogen and oxygen atoms in total. The van der Waals surface area contributed by atoms with Crippen LogP contribution in [-0.2, 0) is 0 Å². The van der Waals surface area contributed by atoms with E-state index in [9.17, 15) is 4.79 Å². The quantitative estimate of drug-likeness (QED) is 0.595. The van der Waals surface area contributed by atoms with Crippen molar-refractivity contribution in [1.29, 1.82) is 0 Å². The molecule has 1 fully saturated rings. The predicted molar refractivity (Wildman–Crippen MR) is 112 cm³/mol. The number of rotatable bonds is 5. The highest BCUT2D eigenvalue weighted by Gasteiger charge is 2.30. The first-order valence-corrected chi connectivity index (χ1v) is 10.1. The second-order valence-electron chi connectivity index (χ2n) is 7.42. The minimum absolute atomic E-state index is 0.0447. The Morgan fingerprint density at radius 2 is 2.07 bits per heavy atom. The lowest BCUT2D eigenvalue weighted by atomic mass is 9.78. The molecule has 1 aromatic carbocycles. The van der Waals surface area contributed by atoms with Gasteiger partial charge in [0.1, 0.15) is 17.0 Å². The third-order valence-electron chi connectivity index (χ3n) is 5.85. The van der Waals surface area contributed by atoms with Crippen LogP contribution in [0.3, 0.4) is 0 Å². The van der Waals surface area contributed by atoms with Crippen LogP contribution in [0.5, 0.6) is 5.75 Å². The lowest BCUT2D eigenvalue weighted by Gasteiger charge is -2.35. The highest BCUT2D eigenvalue weighted by atomic mass is 35.5. The van der Waals surface area contributed by atoms with Crippen molar-refractivity contribution in [2.45, 2.75) is 45.6 Å². The van der Waals surface area contributed by atoms with Crippen LogP contribution < -0.4 is 10.3 Å². The predicted octanol–water partition coefficient (Wildman–Crippen LogP) is 5.18. The summed E-state index contributed by atoms with van der Waals surface area (Å²) in [6.45, 7) is 3.92. The summed E-state index contributed by atoms with van der Waals surface area (Å²) >= 11 is 6.53. The summed E-state index contributed by atoms with van der Waals surface area (Å²) in [4.78, 5) is 22.2. The second kappa shape index (κ2) is 7.55. The fourth-order valence-corrected chi connectivity index (χ4v) is 4.41. The first-order chi connectivity index (χ1) is 13.5. The molecule has 1 aliphatic carbocycles. The number of pyridine rings is 1. The first kappa shape index (κ1) is 18.9. The summed E-state index contributed by atoms with van der Waals surface area (Å²) < 4.78 is 7.14. The van der Waals surface area contributed by atoms with Crippen molar-refractivity contribution >= 4 is 22.8 Å². The number of methoxy groups -OCH3 is 1. The normalized spacial score (nSPS) is 15.4. The molecule has 6 heteroatoms. The van der Waals surface area contributed by atoms with Gasteiger partial charge in [-0.15, -0.1) is 0 Å². The van der Waals surface area contributed by atoms with Crippen molar-refractivity contribution in [3.05, 3.63) is 51.5 Å². The summed E-state index contributed by atoms with van der Waals surface area (Å²) in [5, 5.41) is 0.579. The third-order valence-corrected chi connectivity index (χ3v) is 6.16. The van der Waals surface area contributed by atoms with Gasteiger partial charge in [-0.2, -0.15) is 0 Å². The van der Waals surface area contributed by atoms with E-state index >= 15 is 0 Å². The number of hydrogen-bond donors (Lipinski definition) is 0. The lowest BCUT2D eigenvalue weighted by molar-refractivity contribution is 0.203. The van der Waals surface area contributed by atoms with E-state index in [1.165, 1.54) is 6.42 Å². The lowest BCUT2D eigenvalue weighted by Crippen LogP contribution is -2.34. The maximum absolute atomic E-state index is 13.0. The van der Waals surface area contributed by atoms with Gasteiger partial charge in [-0.3, -0.25) is 9.36 Å². The molecule has 146 valence electrons. The molecule has 1 atom stereocenters. The summed E-state index contributed by atoms with van der Waals surface area (Å²) in [6, 6.07) is 7.64. The van der Waals surface area contributed by atoms with E-state index in [2.05, 4.69) is 16.9 Å². The Hall–Kier alpha value is -2.40. The van der Waals surface area contributed by atoms with Gasteiger partial charge >= 0.3 is 0 Å². The zero-order valence-electron chi connectivity index (χ0n) is 16.4. The average molecular weight is 398 g/mol. The molecule has 28 heavy (non-hydrogen) atoms. The number of nitrogens with zero attached hydrogens (tertiary/aromatic N) is 3. The van der Waals surface area contributed by atoms with Gasteiger partial charge in [0.2, 0.25) is 0 Å². The molecule has 0 N–H and O–H groups in total. The van der Waals surface area contributed by atoms with E-state index in [0.29, 0.717) is 33.5 Å². The SMILES string of the molecule is CCC(C1CCC1)n1c(=O)c(C)nc2c(-c3ccc(OC)cc3Cl)ccnc21. The number of aryl methyl sites for hydroxylation is 1. The summed E-state index contributed by atoms with van der Waals surface area (Å²) in [7, 11) is 1.61. The number of fused-ring (bicyclic) bond motifs is 1. The van der Waals surface area contributed by atoms with Gasteiger partial charge in [-0.1, -0.05) is 24.9 Å². The summed E-state index contributed by atoms with van der Waals surface area (Å²) in [5.74, 6) is 1.23. The van der Waals surface area contributed by atoms with Crippen molar-refractivity contribution in [3.8, 4) is 16.9 Å². The van der Waals surface area contributed by atoms with Crippen molar-refractivity contribution in [1.82, 2.24) is 14.5 Å². The summed E-state index contributed by atoms with van der Waals surface area (Å²) in [6.07, 6.45) is 6.20. The molecule has 4 rings (SSSR count). The van der Waals surface area contributed by atoms with Gasteiger partial charge in [0, 0.05) is 23.4 Å². The van der Waals surface area contributed by atoms with Gasteiger partial charge < -0.3 is 4.74 Å². The Morgan fingerprint density at radius 3 is 2.68 bits per heavy atom. The van der Waals surface area contributed by atoms with E-state index in [4.69, 9.17) is 16.3 Å². The fraction of sp³-hybridized carbons (Fsp3) is 0.409.